The Hall–Kier alpha value is -5.28. The number of carboxylic acids is 1. The number of aromatic nitrogens is 3. The van der Waals surface area contributed by atoms with E-state index in [-0.39, 0.29) is 49.1 Å². The average Bonchev–Trinajstić information content (AvgIpc) is 3.08. The molecule has 50 heavy (non-hydrogen) atoms. The number of anilines is 1. The normalized spacial score (nSPS) is 14.5. The van der Waals surface area contributed by atoms with Crippen molar-refractivity contribution < 1.29 is 51.7 Å². The van der Waals surface area contributed by atoms with Crippen LogP contribution in [0.15, 0.2) is 42.5 Å². The molecule has 0 radical (unpaired) electrons. The smallest absolute Gasteiger partial charge is 0.422 e. The van der Waals surface area contributed by atoms with E-state index in [0.29, 0.717) is 24.3 Å². The van der Waals surface area contributed by atoms with Gasteiger partial charge in [0.05, 0.1) is 24.7 Å². The van der Waals surface area contributed by atoms with Gasteiger partial charge in [-0.15, -0.1) is 0 Å². The molecule has 3 N–H and O–H groups in total. The van der Waals surface area contributed by atoms with Crippen molar-refractivity contribution in [3.8, 4) is 17.5 Å². The molecule has 6 bridgehead atoms. The maximum atomic E-state index is 13.4. The summed E-state index contributed by atoms with van der Waals surface area (Å²) in [5.74, 6) is -3.95. The SMILES string of the molecule is CCC(=O)C(=O)NC[C@H](CC(=O)c1ccc2cc1OCCCCCCOc1ccc(cc1)CNc1nc(nc(OCC(F)(F)F)n1)C2)C(=O)O. The highest BCUT2D eigenvalue weighted by atomic mass is 19.4. The third-order valence-electron chi connectivity index (χ3n) is 7.54. The number of benzene rings is 2. The molecular formula is C34H38F3N5O8. The number of fused-ring (bicyclic) bond motifs is 10. The van der Waals surface area contributed by atoms with E-state index in [9.17, 15) is 37.5 Å². The number of hydrogen-bond donors (Lipinski definition) is 3. The minimum atomic E-state index is -4.63. The Morgan fingerprint density at radius 2 is 1.66 bits per heavy atom. The highest BCUT2D eigenvalue weighted by molar-refractivity contribution is 6.36. The van der Waals surface area contributed by atoms with Gasteiger partial charge in [0.25, 0.3) is 5.91 Å². The number of alkyl halides is 3. The molecule has 0 aliphatic carbocycles. The van der Waals surface area contributed by atoms with E-state index in [1.165, 1.54) is 13.0 Å². The zero-order valence-electron chi connectivity index (χ0n) is 27.4. The Morgan fingerprint density at radius 1 is 0.960 bits per heavy atom. The molecule has 2 aliphatic heterocycles. The summed E-state index contributed by atoms with van der Waals surface area (Å²) < 4.78 is 55.5. The second-order valence-corrected chi connectivity index (χ2v) is 11.5. The van der Waals surface area contributed by atoms with E-state index in [0.717, 1.165) is 24.8 Å². The van der Waals surface area contributed by atoms with E-state index < -0.39 is 61.1 Å². The highest BCUT2D eigenvalue weighted by Crippen LogP contribution is 2.26. The molecule has 5 rings (SSSR count). The van der Waals surface area contributed by atoms with Crippen LogP contribution in [0.25, 0.3) is 0 Å². The maximum absolute atomic E-state index is 13.4. The number of carboxylic acid groups (broad SMARTS) is 1. The third-order valence-corrected chi connectivity index (χ3v) is 7.54. The number of hydrogen-bond acceptors (Lipinski definition) is 11. The van der Waals surface area contributed by atoms with Gasteiger partial charge in [-0.05, 0) is 61.1 Å². The van der Waals surface area contributed by atoms with Crippen LogP contribution in [-0.2, 0) is 27.3 Å². The fraction of sp³-hybridized carbons (Fsp3) is 0.441. The first kappa shape index (κ1) is 37.5. The second kappa shape index (κ2) is 17.9. The monoisotopic (exact) mass is 701 g/mol. The highest BCUT2D eigenvalue weighted by Gasteiger charge is 2.29. The van der Waals surface area contributed by atoms with E-state index in [2.05, 4.69) is 25.6 Å². The number of nitrogens with one attached hydrogen (secondary N) is 2. The van der Waals surface area contributed by atoms with Crippen LogP contribution in [0.3, 0.4) is 0 Å². The molecule has 3 aromatic rings. The number of Topliss-reactive ketones (excluding diaryl/α,β-unsaturated/α-hetero) is 2. The zero-order chi connectivity index (χ0) is 36.1. The molecule has 0 saturated heterocycles. The molecular weight excluding hydrogens is 663 g/mol. The third kappa shape index (κ3) is 12.0. The fourth-order valence-corrected chi connectivity index (χ4v) is 4.85. The predicted molar refractivity (Wildman–Crippen MR) is 172 cm³/mol. The summed E-state index contributed by atoms with van der Waals surface area (Å²) in [6.07, 6.45) is -2.06. The molecule has 1 atom stereocenters. The standard InChI is InChI=1S/C34H38F3N5O8/c1-2-26(43)30(45)38-19-23(31(46)47)17-27(44)25-12-9-22-15-28(25)49-14-6-4-3-5-13-48-24-10-7-21(8-11-24)18-39-32-40-29(16-22)41-33(42-32)50-20-34(35,36)37/h7-12,15,23H,2-6,13-14,16-20H2,1H3,(H,38,45)(H,46,47)(H,39,40,41,42)/t23-/m0/s1. The summed E-state index contributed by atoms with van der Waals surface area (Å²) in [5.41, 5.74) is 1.47. The number of carbonyl (C=O) groups excluding carboxylic acids is 3. The molecule has 0 unspecified atom stereocenters. The van der Waals surface area contributed by atoms with Crippen molar-refractivity contribution in [1.29, 1.82) is 0 Å². The molecule has 1 amide bonds. The number of amides is 1. The molecule has 0 saturated carbocycles. The number of rotatable bonds is 10. The first-order valence-electron chi connectivity index (χ1n) is 16.1. The van der Waals surface area contributed by atoms with E-state index >= 15 is 0 Å². The maximum Gasteiger partial charge on any atom is 0.422 e. The van der Waals surface area contributed by atoms with E-state index in [1.54, 1.807) is 12.1 Å². The lowest BCUT2D eigenvalue weighted by Gasteiger charge is -2.16. The van der Waals surface area contributed by atoms with Crippen molar-refractivity contribution in [2.75, 3.05) is 31.7 Å². The quantitative estimate of drug-likeness (QED) is 0.196. The Kier molecular flexibility index (Phi) is 13.5. The van der Waals surface area contributed by atoms with Gasteiger partial charge in [-0.1, -0.05) is 25.1 Å². The van der Waals surface area contributed by atoms with E-state index in [4.69, 9.17) is 14.2 Å². The van der Waals surface area contributed by atoms with Gasteiger partial charge in [0.2, 0.25) is 11.7 Å². The van der Waals surface area contributed by atoms with Gasteiger partial charge in [-0.25, -0.2) is 0 Å². The van der Waals surface area contributed by atoms with Crippen molar-refractivity contribution in [2.24, 2.45) is 5.92 Å². The summed E-state index contributed by atoms with van der Waals surface area (Å²) >= 11 is 0. The molecule has 1 aromatic heterocycles. The Bertz CT molecular complexity index is 1650. The molecule has 3 heterocycles. The van der Waals surface area contributed by atoms with Gasteiger partial charge in [-0.2, -0.15) is 28.1 Å². The van der Waals surface area contributed by atoms with Gasteiger partial charge in [0.15, 0.2) is 12.4 Å². The molecule has 13 nitrogen and oxygen atoms in total. The molecule has 16 heteroatoms. The van der Waals surface area contributed by atoms with Crippen LogP contribution >= 0.6 is 0 Å². The molecule has 0 spiro atoms. The lowest BCUT2D eigenvalue weighted by atomic mass is 9.96. The van der Waals surface area contributed by atoms with Crippen LogP contribution in [0.4, 0.5) is 19.1 Å². The Balaban J connectivity index is 1.61. The first-order chi connectivity index (χ1) is 23.9. The minimum Gasteiger partial charge on any atom is -0.494 e. The summed E-state index contributed by atoms with van der Waals surface area (Å²) in [6, 6.07) is 11.4. The first-order valence-corrected chi connectivity index (χ1v) is 16.1. The number of carbonyl (C=O) groups is 4. The number of halogens is 3. The van der Waals surface area contributed by atoms with Crippen LogP contribution in [0.5, 0.6) is 17.5 Å². The Labute approximate surface area is 286 Å². The van der Waals surface area contributed by atoms with Crippen molar-refractivity contribution in [2.45, 2.75) is 64.6 Å². The lowest BCUT2D eigenvalue weighted by Crippen LogP contribution is -2.37. The number of aliphatic carboxylic acids is 1. The zero-order valence-corrected chi connectivity index (χ0v) is 27.4. The van der Waals surface area contributed by atoms with Gasteiger partial charge in [-0.3, -0.25) is 19.2 Å². The molecule has 0 fully saturated rings. The number of nitrogens with zero attached hydrogens (tertiary/aromatic N) is 3. The second-order valence-electron chi connectivity index (χ2n) is 11.5. The fourth-order valence-electron chi connectivity index (χ4n) is 4.85. The van der Waals surface area contributed by atoms with Crippen molar-refractivity contribution in [3.05, 3.63) is 65.0 Å². The Morgan fingerprint density at radius 3 is 2.34 bits per heavy atom. The molecule has 2 aromatic carbocycles. The van der Waals surface area contributed by atoms with Crippen molar-refractivity contribution in [3.63, 3.8) is 0 Å². The van der Waals surface area contributed by atoms with Gasteiger partial charge in [0, 0.05) is 32.4 Å². The summed E-state index contributed by atoms with van der Waals surface area (Å²) in [5, 5.41) is 15.0. The van der Waals surface area contributed by atoms with Gasteiger partial charge >= 0.3 is 18.2 Å². The largest absolute Gasteiger partial charge is 0.494 e. The summed E-state index contributed by atoms with van der Waals surface area (Å²) in [4.78, 5) is 61.3. The van der Waals surface area contributed by atoms with Crippen LogP contribution in [0.2, 0.25) is 0 Å². The van der Waals surface area contributed by atoms with Gasteiger partial charge in [0.1, 0.15) is 17.3 Å². The van der Waals surface area contributed by atoms with Crippen LogP contribution < -0.4 is 24.8 Å². The summed E-state index contributed by atoms with van der Waals surface area (Å²) in [7, 11) is 0. The van der Waals surface area contributed by atoms with Crippen LogP contribution in [0.1, 0.15) is 72.8 Å². The number of ether oxygens (including phenoxy) is 3. The summed E-state index contributed by atoms with van der Waals surface area (Å²) in [6.45, 7) is 0.442. The van der Waals surface area contributed by atoms with Crippen molar-refractivity contribution in [1.82, 2.24) is 20.3 Å². The number of ketones is 2. The van der Waals surface area contributed by atoms with Crippen LogP contribution in [0, 0.1) is 5.92 Å². The average molecular weight is 702 g/mol. The van der Waals surface area contributed by atoms with Crippen molar-refractivity contribution >= 4 is 29.4 Å². The topological polar surface area (TPSA) is 179 Å². The van der Waals surface area contributed by atoms with Gasteiger partial charge < -0.3 is 30.0 Å². The molecule has 2 aliphatic rings. The predicted octanol–water partition coefficient (Wildman–Crippen LogP) is 4.72. The van der Waals surface area contributed by atoms with Crippen LogP contribution in [-0.4, -0.2) is 76.0 Å². The molecule has 268 valence electrons. The van der Waals surface area contributed by atoms with E-state index in [1.807, 2.05) is 24.3 Å². The minimum absolute atomic E-state index is 0.00825. The lowest BCUT2D eigenvalue weighted by molar-refractivity contribution is -0.154.